The summed E-state index contributed by atoms with van der Waals surface area (Å²) in [6, 6.07) is 5.98. The molecule has 0 radical (unpaired) electrons. The number of alkyl halides is 3. The highest BCUT2D eigenvalue weighted by molar-refractivity contribution is 5.41. The fourth-order valence-electron chi connectivity index (χ4n) is 1.87. The first-order valence-electron chi connectivity index (χ1n) is 5.79. The summed E-state index contributed by atoms with van der Waals surface area (Å²) in [6.45, 7) is 1.96. The molecule has 6 heteroatoms. The van der Waals surface area contributed by atoms with Gasteiger partial charge in [0.05, 0.1) is 16.9 Å². The molecule has 2 aromatic rings. The maximum atomic E-state index is 13.0. The molecular weight excluding hydrogens is 255 g/mol. The van der Waals surface area contributed by atoms with Crippen LogP contribution in [-0.2, 0) is 12.7 Å². The van der Waals surface area contributed by atoms with Crippen LogP contribution in [0.15, 0.2) is 30.5 Å². The number of nitrogens with zero attached hydrogens (tertiary/aromatic N) is 2. The minimum absolute atomic E-state index is 0.174. The van der Waals surface area contributed by atoms with E-state index in [0.29, 0.717) is 5.69 Å². The zero-order valence-corrected chi connectivity index (χ0v) is 10.6. The molecule has 1 N–H and O–H groups in total. The van der Waals surface area contributed by atoms with Gasteiger partial charge in [-0.2, -0.15) is 18.3 Å². The molecule has 1 aromatic heterocycles. The van der Waals surface area contributed by atoms with Gasteiger partial charge in [0, 0.05) is 12.7 Å². The van der Waals surface area contributed by atoms with Crippen molar-refractivity contribution in [2.75, 3.05) is 7.05 Å². The minimum Gasteiger partial charge on any atom is -0.316 e. The summed E-state index contributed by atoms with van der Waals surface area (Å²) in [7, 11) is 1.62. The molecule has 0 amide bonds. The first-order chi connectivity index (χ1) is 8.91. The number of aromatic nitrogens is 2. The SMILES string of the molecule is CNCc1ccc(-n2ccc(C)n2)cc1C(F)(F)F. The highest BCUT2D eigenvalue weighted by Gasteiger charge is 2.33. The number of aryl methyl sites for hydroxylation is 1. The predicted molar refractivity (Wildman–Crippen MR) is 66.1 cm³/mol. The van der Waals surface area contributed by atoms with Crippen LogP contribution in [0.3, 0.4) is 0 Å². The number of nitrogens with one attached hydrogen (secondary N) is 1. The third-order valence-corrected chi connectivity index (χ3v) is 2.75. The van der Waals surface area contributed by atoms with E-state index in [2.05, 4.69) is 10.4 Å². The third-order valence-electron chi connectivity index (χ3n) is 2.75. The fourth-order valence-corrected chi connectivity index (χ4v) is 1.87. The van der Waals surface area contributed by atoms with Gasteiger partial charge in [0.15, 0.2) is 0 Å². The lowest BCUT2D eigenvalue weighted by atomic mass is 10.1. The number of hydrogen-bond donors (Lipinski definition) is 1. The molecule has 0 aliphatic heterocycles. The molecule has 1 aromatic carbocycles. The van der Waals surface area contributed by atoms with Crippen LogP contribution in [0.2, 0.25) is 0 Å². The number of benzene rings is 1. The molecule has 0 aliphatic rings. The molecule has 2 rings (SSSR count). The summed E-state index contributed by atoms with van der Waals surface area (Å²) >= 11 is 0. The summed E-state index contributed by atoms with van der Waals surface area (Å²) in [4.78, 5) is 0. The van der Waals surface area contributed by atoms with Crippen LogP contribution in [0.4, 0.5) is 13.2 Å². The van der Waals surface area contributed by atoms with E-state index in [4.69, 9.17) is 0 Å². The topological polar surface area (TPSA) is 29.9 Å². The highest BCUT2D eigenvalue weighted by atomic mass is 19.4. The molecule has 1 heterocycles. The first-order valence-corrected chi connectivity index (χ1v) is 5.79. The van der Waals surface area contributed by atoms with Crippen LogP contribution >= 0.6 is 0 Å². The molecule has 0 atom stereocenters. The van der Waals surface area contributed by atoms with Gasteiger partial charge in [0.25, 0.3) is 0 Å². The smallest absolute Gasteiger partial charge is 0.316 e. The molecule has 0 aliphatic carbocycles. The minimum atomic E-state index is -4.37. The molecule has 19 heavy (non-hydrogen) atoms. The van der Waals surface area contributed by atoms with Gasteiger partial charge in [-0.15, -0.1) is 0 Å². The molecule has 0 spiro atoms. The zero-order chi connectivity index (χ0) is 14.0. The van der Waals surface area contributed by atoms with E-state index in [1.807, 2.05) is 0 Å². The summed E-state index contributed by atoms with van der Waals surface area (Å²) in [5.74, 6) is 0. The van der Waals surface area contributed by atoms with Crippen molar-refractivity contribution in [3.05, 3.63) is 47.3 Å². The van der Waals surface area contributed by atoms with Crippen LogP contribution in [0.1, 0.15) is 16.8 Å². The van der Waals surface area contributed by atoms with E-state index in [1.54, 1.807) is 32.3 Å². The van der Waals surface area contributed by atoms with Crippen molar-refractivity contribution in [1.82, 2.24) is 15.1 Å². The standard InChI is InChI=1S/C13H14F3N3/c1-9-5-6-19(18-9)11-4-3-10(8-17-2)12(7-11)13(14,15)16/h3-7,17H,8H2,1-2H3. The quantitative estimate of drug-likeness (QED) is 0.928. The second-order valence-electron chi connectivity index (χ2n) is 4.27. The third kappa shape index (κ3) is 2.96. The fraction of sp³-hybridized carbons (Fsp3) is 0.308. The average molecular weight is 269 g/mol. The molecule has 0 fully saturated rings. The molecule has 0 saturated carbocycles. The van der Waals surface area contributed by atoms with E-state index in [-0.39, 0.29) is 12.1 Å². The molecular formula is C13H14F3N3. The van der Waals surface area contributed by atoms with Crippen LogP contribution in [0.5, 0.6) is 0 Å². The van der Waals surface area contributed by atoms with Gasteiger partial charge >= 0.3 is 6.18 Å². The second-order valence-corrected chi connectivity index (χ2v) is 4.27. The molecule has 0 bridgehead atoms. The molecule has 0 saturated heterocycles. The van der Waals surface area contributed by atoms with Crippen LogP contribution in [-0.4, -0.2) is 16.8 Å². The molecule has 3 nitrogen and oxygen atoms in total. The Balaban J connectivity index is 2.49. The molecule has 102 valence electrons. The van der Waals surface area contributed by atoms with Crippen LogP contribution in [0, 0.1) is 6.92 Å². The normalized spacial score (nSPS) is 11.8. The Morgan fingerprint density at radius 2 is 2.00 bits per heavy atom. The van der Waals surface area contributed by atoms with Gasteiger partial charge < -0.3 is 5.32 Å². The number of hydrogen-bond acceptors (Lipinski definition) is 2. The van der Waals surface area contributed by atoms with Gasteiger partial charge in [0.1, 0.15) is 0 Å². The van der Waals surface area contributed by atoms with Crippen molar-refractivity contribution in [1.29, 1.82) is 0 Å². The lowest BCUT2D eigenvalue weighted by Gasteiger charge is -2.14. The van der Waals surface area contributed by atoms with Gasteiger partial charge in [-0.05, 0) is 37.7 Å². The van der Waals surface area contributed by atoms with Crippen LogP contribution in [0.25, 0.3) is 5.69 Å². The Morgan fingerprint density at radius 1 is 1.26 bits per heavy atom. The Hall–Kier alpha value is -1.82. The maximum absolute atomic E-state index is 13.0. The van der Waals surface area contributed by atoms with Gasteiger partial charge in [-0.3, -0.25) is 0 Å². The second kappa shape index (κ2) is 5.05. The van der Waals surface area contributed by atoms with Crippen molar-refractivity contribution in [2.24, 2.45) is 0 Å². The number of halogens is 3. The lowest BCUT2D eigenvalue weighted by molar-refractivity contribution is -0.138. The van der Waals surface area contributed by atoms with Crippen molar-refractivity contribution in [3.63, 3.8) is 0 Å². The largest absolute Gasteiger partial charge is 0.416 e. The van der Waals surface area contributed by atoms with Crippen molar-refractivity contribution >= 4 is 0 Å². The Kier molecular flexibility index (Phi) is 3.61. The van der Waals surface area contributed by atoms with Crippen LogP contribution < -0.4 is 5.32 Å². The van der Waals surface area contributed by atoms with E-state index < -0.39 is 11.7 Å². The Bertz CT molecular complexity index is 573. The van der Waals surface area contributed by atoms with E-state index in [0.717, 1.165) is 11.8 Å². The van der Waals surface area contributed by atoms with E-state index in [9.17, 15) is 13.2 Å². The average Bonchev–Trinajstić information content (AvgIpc) is 2.75. The monoisotopic (exact) mass is 269 g/mol. The van der Waals surface area contributed by atoms with Gasteiger partial charge in [0.2, 0.25) is 0 Å². The van der Waals surface area contributed by atoms with E-state index >= 15 is 0 Å². The lowest BCUT2D eigenvalue weighted by Crippen LogP contribution is -2.15. The van der Waals surface area contributed by atoms with Crippen molar-refractivity contribution in [2.45, 2.75) is 19.6 Å². The maximum Gasteiger partial charge on any atom is 0.416 e. The van der Waals surface area contributed by atoms with E-state index in [1.165, 1.54) is 10.7 Å². The number of rotatable bonds is 3. The highest BCUT2D eigenvalue weighted by Crippen LogP contribution is 2.33. The summed E-state index contributed by atoms with van der Waals surface area (Å²) in [6.07, 6.45) is -2.73. The summed E-state index contributed by atoms with van der Waals surface area (Å²) < 4.78 is 40.5. The summed E-state index contributed by atoms with van der Waals surface area (Å²) in [5, 5.41) is 6.85. The zero-order valence-electron chi connectivity index (χ0n) is 10.6. The Labute approximate surface area is 109 Å². The Morgan fingerprint density at radius 3 is 2.53 bits per heavy atom. The first kappa shape index (κ1) is 13.6. The van der Waals surface area contributed by atoms with Gasteiger partial charge in [-0.1, -0.05) is 6.07 Å². The van der Waals surface area contributed by atoms with Crippen molar-refractivity contribution in [3.8, 4) is 5.69 Å². The summed E-state index contributed by atoms with van der Waals surface area (Å²) in [5.41, 5.74) is 0.753. The van der Waals surface area contributed by atoms with Crippen molar-refractivity contribution < 1.29 is 13.2 Å². The van der Waals surface area contributed by atoms with Gasteiger partial charge in [-0.25, -0.2) is 4.68 Å². The predicted octanol–water partition coefficient (Wildman–Crippen LogP) is 2.92. The molecule has 0 unspecified atom stereocenters.